The SMILES string of the molecule is CCNSC1C=CC=CC1(F)F. The number of rotatable bonds is 3. The fourth-order valence-electron chi connectivity index (χ4n) is 0.863. The Kier molecular flexibility index (Phi) is 3.29. The van der Waals surface area contributed by atoms with Gasteiger partial charge < -0.3 is 0 Å². The summed E-state index contributed by atoms with van der Waals surface area (Å²) < 4.78 is 28.8. The second-order valence-electron chi connectivity index (χ2n) is 2.45. The first-order chi connectivity index (χ1) is 5.67. The van der Waals surface area contributed by atoms with Crippen molar-refractivity contribution in [3.05, 3.63) is 24.3 Å². The summed E-state index contributed by atoms with van der Waals surface area (Å²) in [6, 6.07) is 0. The fourth-order valence-corrected chi connectivity index (χ4v) is 1.61. The van der Waals surface area contributed by atoms with Gasteiger partial charge in [0.1, 0.15) is 5.25 Å². The zero-order valence-electron chi connectivity index (χ0n) is 6.76. The van der Waals surface area contributed by atoms with Crippen molar-refractivity contribution in [1.82, 2.24) is 4.72 Å². The van der Waals surface area contributed by atoms with E-state index in [2.05, 4.69) is 4.72 Å². The molecule has 0 spiro atoms. The summed E-state index contributed by atoms with van der Waals surface area (Å²) in [5, 5.41) is -0.776. The number of halogens is 2. The third kappa shape index (κ3) is 2.32. The van der Waals surface area contributed by atoms with Crippen molar-refractivity contribution in [2.24, 2.45) is 0 Å². The molecule has 1 unspecified atom stereocenters. The minimum atomic E-state index is -2.72. The molecule has 1 atom stereocenters. The molecule has 1 nitrogen and oxygen atoms in total. The number of nitrogens with one attached hydrogen (secondary N) is 1. The molecule has 0 aromatic rings. The lowest BCUT2D eigenvalue weighted by Gasteiger charge is -2.22. The lowest BCUT2D eigenvalue weighted by atomic mass is 10.1. The highest BCUT2D eigenvalue weighted by Crippen LogP contribution is 2.32. The van der Waals surface area contributed by atoms with Crippen LogP contribution in [0.2, 0.25) is 0 Å². The first-order valence-corrected chi connectivity index (χ1v) is 4.67. The second-order valence-corrected chi connectivity index (χ2v) is 3.49. The lowest BCUT2D eigenvalue weighted by Crippen LogP contribution is -2.30. The molecule has 68 valence electrons. The third-order valence-corrected chi connectivity index (χ3v) is 2.63. The maximum atomic E-state index is 13.0. The molecule has 0 fully saturated rings. The van der Waals surface area contributed by atoms with E-state index >= 15 is 0 Å². The normalized spacial score (nSPS) is 26.1. The largest absolute Gasteiger partial charge is 0.283 e. The average Bonchev–Trinajstić information content (AvgIpc) is 2.02. The van der Waals surface area contributed by atoms with Gasteiger partial charge in [-0.15, -0.1) is 0 Å². The van der Waals surface area contributed by atoms with Crippen molar-refractivity contribution >= 4 is 11.9 Å². The average molecular weight is 191 g/mol. The molecule has 0 aromatic heterocycles. The van der Waals surface area contributed by atoms with Gasteiger partial charge in [-0.05, 0) is 6.08 Å². The third-order valence-electron chi connectivity index (χ3n) is 1.45. The van der Waals surface area contributed by atoms with Gasteiger partial charge in [0.05, 0.1) is 0 Å². The minimum absolute atomic E-state index is 0.689. The van der Waals surface area contributed by atoms with Gasteiger partial charge in [0.2, 0.25) is 0 Å². The van der Waals surface area contributed by atoms with Gasteiger partial charge in [0.15, 0.2) is 0 Å². The molecule has 0 radical (unpaired) electrons. The summed E-state index contributed by atoms with van der Waals surface area (Å²) >= 11 is 1.07. The van der Waals surface area contributed by atoms with Gasteiger partial charge in [0.25, 0.3) is 5.92 Å². The number of hydrogen-bond donors (Lipinski definition) is 1. The van der Waals surface area contributed by atoms with Crippen LogP contribution in [0.15, 0.2) is 24.3 Å². The van der Waals surface area contributed by atoms with Crippen molar-refractivity contribution in [1.29, 1.82) is 0 Å². The fraction of sp³-hybridized carbons (Fsp3) is 0.500. The molecule has 1 rings (SSSR count). The summed E-state index contributed by atoms with van der Waals surface area (Å²) in [6.07, 6.45) is 5.46. The van der Waals surface area contributed by atoms with Gasteiger partial charge in [-0.3, -0.25) is 4.72 Å². The predicted octanol–water partition coefficient (Wildman–Crippen LogP) is 2.37. The van der Waals surface area contributed by atoms with Crippen LogP contribution >= 0.6 is 11.9 Å². The van der Waals surface area contributed by atoms with Crippen LogP contribution in [0, 0.1) is 0 Å². The Hall–Kier alpha value is -0.350. The van der Waals surface area contributed by atoms with Crippen molar-refractivity contribution in [3.63, 3.8) is 0 Å². The van der Waals surface area contributed by atoms with Crippen LogP contribution in [0.5, 0.6) is 0 Å². The Morgan fingerprint density at radius 2 is 2.25 bits per heavy atom. The number of hydrogen-bond acceptors (Lipinski definition) is 2. The van der Waals surface area contributed by atoms with Crippen LogP contribution in [0.1, 0.15) is 6.92 Å². The maximum Gasteiger partial charge on any atom is 0.283 e. The number of allylic oxidation sites excluding steroid dienone is 3. The first-order valence-electron chi connectivity index (χ1n) is 3.79. The highest BCUT2D eigenvalue weighted by atomic mass is 32.2. The highest BCUT2D eigenvalue weighted by Gasteiger charge is 2.36. The monoisotopic (exact) mass is 191 g/mol. The maximum absolute atomic E-state index is 13.0. The molecule has 0 amide bonds. The minimum Gasteiger partial charge on any atom is -0.264 e. The van der Waals surface area contributed by atoms with Crippen LogP contribution in [0.3, 0.4) is 0 Å². The van der Waals surface area contributed by atoms with Crippen LogP contribution in [0.4, 0.5) is 8.78 Å². The van der Waals surface area contributed by atoms with Gasteiger partial charge >= 0.3 is 0 Å². The van der Waals surface area contributed by atoms with E-state index in [4.69, 9.17) is 0 Å². The Balaban J connectivity index is 2.52. The Morgan fingerprint density at radius 3 is 2.83 bits per heavy atom. The number of alkyl halides is 2. The molecule has 0 aromatic carbocycles. The van der Waals surface area contributed by atoms with E-state index in [9.17, 15) is 8.78 Å². The first kappa shape index (κ1) is 9.74. The molecule has 0 heterocycles. The van der Waals surface area contributed by atoms with E-state index in [-0.39, 0.29) is 0 Å². The molecule has 4 heteroatoms. The van der Waals surface area contributed by atoms with Gasteiger partial charge in [-0.1, -0.05) is 37.1 Å². The molecular formula is C8H11F2NS. The Bertz CT molecular complexity index is 201. The van der Waals surface area contributed by atoms with Gasteiger partial charge in [-0.25, -0.2) is 8.78 Å². The Labute approximate surface area is 75.0 Å². The molecule has 1 N–H and O–H groups in total. The lowest BCUT2D eigenvalue weighted by molar-refractivity contribution is 0.0632. The molecule has 0 saturated carbocycles. The van der Waals surface area contributed by atoms with E-state index in [1.54, 1.807) is 6.08 Å². The summed E-state index contributed by atoms with van der Waals surface area (Å²) in [7, 11) is 0. The van der Waals surface area contributed by atoms with Gasteiger partial charge in [0, 0.05) is 6.54 Å². The van der Waals surface area contributed by atoms with Crippen molar-refractivity contribution < 1.29 is 8.78 Å². The molecule has 1 aliphatic carbocycles. The van der Waals surface area contributed by atoms with Crippen molar-refractivity contribution in [2.45, 2.75) is 18.1 Å². The van der Waals surface area contributed by atoms with Crippen molar-refractivity contribution in [3.8, 4) is 0 Å². The summed E-state index contributed by atoms with van der Waals surface area (Å²) in [4.78, 5) is 0. The molecule has 0 saturated heterocycles. The van der Waals surface area contributed by atoms with Crippen LogP contribution < -0.4 is 4.72 Å². The molecule has 12 heavy (non-hydrogen) atoms. The highest BCUT2D eigenvalue weighted by molar-refractivity contribution is 7.98. The van der Waals surface area contributed by atoms with E-state index in [0.29, 0.717) is 6.54 Å². The summed E-state index contributed by atoms with van der Waals surface area (Å²) in [6.45, 7) is 2.57. The smallest absolute Gasteiger partial charge is 0.264 e. The zero-order valence-corrected chi connectivity index (χ0v) is 7.57. The van der Waals surface area contributed by atoms with Crippen LogP contribution in [-0.2, 0) is 0 Å². The Morgan fingerprint density at radius 1 is 1.50 bits per heavy atom. The zero-order chi connectivity index (χ0) is 9.03. The van der Waals surface area contributed by atoms with E-state index < -0.39 is 11.2 Å². The van der Waals surface area contributed by atoms with Crippen LogP contribution in [-0.4, -0.2) is 17.7 Å². The molecule has 0 aliphatic heterocycles. The van der Waals surface area contributed by atoms with Crippen LogP contribution in [0.25, 0.3) is 0 Å². The molecule has 1 aliphatic rings. The molecule has 0 bridgehead atoms. The summed E-state index contributed by atoms with van der Waals surface area (Å²) in [5.74, 6) is -2.72. The summed E-state index contributed by atoms with van der Waals surface area (Å²) in [5.41, 5.74) is 0. The second kappa shape index (κ2) is 4.05. The molecular weight excluding hydrogens is 180 g/mol. The van der Waals surface area contributed by atoms with Gasteiger partial charge in [-0.2, -0.15) is 0 Å². The quantitative estimate of drug-likeness (QED) is 0.687. The predicted molar refractivity (Wildman–Crippen MR) is 48.3 cm³/mol. The van der Waals surface area contributed by atoms with E-state index in [0.717, 1.165) is 18.0 Å². The van der Waals surface area contributed by atoms with E-state index in [1.807, 2.05) is 6.92 Å². The topological polar surface area (TPSA) is 12.0 Å². The standard InChI is InChI=1S/C8H11F2NS/c1-2-11-12-7-5-3-4-6-8(7,9)10/h3-7,11H,2H2,1H3. The van der Waals surface area contributed by atoms with Crippen molar-refractivity contribution in [2.75, 3.05) is 6.54 Å². The van der Waals surface area contributed by atoms with E-state index in [1.165, 1.54) is 12.2 Å².